The lowest BCUT2D eigenvalue weighted by Gasteiger charge is -2.24. The van der Waals surface area contributed by atoms with E-state index in [1.807, 2.05) is 36.4 Å². The number of fused-ring (bicyclic) bond motifs is 1. The normalized spacial score (nSPS) is 17.9. The first-order valence-corrected chi connectivity index (χ1v) is 5.84. The van der Waals surface area contributed by atoms with Gasteiger partial charge in [0.2, 0.25) is 0 Å². The Bertz CT molecular complexity index is 558. The minimum atomic E-state index is 0.243. The largest absolute Gasteiger partial charge is 0.375 e. The van der Waals surface area contributed by atoms with Crippen LogP contribution in [0.25, 0.3) is 0 Å². The van der Waals surface area contributed by atoms with E-state index in [0.717, 1.165) is 17.1 Å². The van der Waals surface area contributed by atoms with Crippen molar-refractivity contribution in [3.05, 3.63) is 60.2 Å². The van der Waals surface area contributed by atoms with Gasteiger partial charge in [-0.05, 0) is 24.6 Å². The van der Waals surface area contributed by atoms with E-state index in [1.54, 1.807) is 0 Å². The van der Waals surface area contributed by atoms with Gasteiger partial charge in [-0.3, -0.25) is 0 Å². The molecule has 1 N–H and O–H groups in total. The quantitative estimate of drug-likeness (QED) is 0.783. The average molecular weight is 222 g/mol. The lowest BCUT2D eigenvalue weighted by molar-refractivity contribution is 1.03. The maximum absolute atomic E-state index is 4.75. The maximum Gasteiger partial charge on any atom is 0.0865 e. The van der Waals surface area contributed by atoms with Crippen LogP contribution in [-0.4, -0.2) is 11.8 Å². The van der Waals surface area contributed by atoms with Crippen LogP contribution in [0.5, 0.6) is 0 Å². The van der Waals surface area contributed by atoms with Gasteiger partial charge < -0.3 is 5.32 Å². The second kappa shape index (κ2) is 4.06. The van der Waals surface area contributed by atoms with E-state index < -0.39 is 0 Å². The van der Waals surface area contributed by atoms with Gasteiger partial charge in [0.1, 0.15) is 0 Å². The summed E-state index contributed by atoms with van der Waals surface area (Å²) in [5.74, 6) is 0. The molecule has 17 heavy (non-hydrogen) atoms. The Morgan fingerprint density at radius 1 is 0.941 bits per heavy atom. The van der Waals surface area contributed by atoms with Crippen LogP contribution in [-0.2, 0) is 0 Å². The number of nitrogens with one attached hydrogen (secondary N) is 1. The summed E-state index contributed by atoms with van der Waals surface area (Å²) >= 11 is 0. The van der Waals surface area contributed by atoms with Crippen molar-refractivity contribution < 1.29 is 0 Å². The fourth-order valence-corrected chi connectivity index (χ4v) is 2.14. The van der Waals surface area contributed by atoms with Gasteiger partial charge in [0.05, 0.1) is 23.1 Å². The highest BCUT2D eigenvalue weighted by atomic mass is 15.0. The van der Waals surface area contributed by atoms with Crippen LogP contribution in [0, 0.1) is 0 Å². The Labute approximate surface area is 101 Å². The van der Waals surface area contributed by atoms with Gasteiger partial charge in [-0.25, -0.2) is 4.99 Å². The molecule has 84 valence electrons. The molecule has 3 rings (SSSR count). The number of aliphatic imine (C=N–C) groups is 1. The smallest absolute Gasteiger partial charge is 0.0865 e. The zero-order valence-corrected chi connectivity index (χ0v) is 9.72. The molecule has 2 aromatic carbocycles. The molecule has 2 nitrogen and oxygen atoms in total. The summed E-state index contributed by atoms with van der Waals surface area (Å²) in [4.78, 5) is 4.75. The summed E-state index contributed by atoms with van der Waals surface area (Å²) in [6.45, 7) is 2.14. The number of rotatable bonds is 1. The Morgan fingerprint density at radius 2 is 1.65 bits per heavy atom. The molecule has 0 aliphatic carbocycles. The zero-order chi connectivity index (χ0) is 11.7. The molecule has 0 spiro atoms. The van der Waals surface area contributed by atoms with Crippen LogP contribution in [0.3, 0.4) is 0 Å². The highest BCUT2D eigenvalue weighted by Crippen LogP contribution is 2.30. The fraction of sp³-hybridized carbons (Fsp3) is 0.133. The summed E-state index contributed by atoms with van der Waals surface area (Å²) in [5, 5.41) is 3.48. The molecular weight excluding hydrogens is 208 g/mol. The fourth-order valence-electron chi connectivity index (χ4n) is 2.14. The minimum Gasteiger partial charge on any atom is -0.375 e. The SMILES string of the molecule is C[C@H]1Nc2ccccc2N=C1c1ccccc1. The molecule has 0 bridgehead atoms. The van der Waals surface area contributed by atoms with Gasteiger partial charge in [0, 0.05) is 0 Å². The van der Waals surface area contributed by atoms with E-state index in [2.05, 4.69) is 30.4 Å². The molecule has 0 radical (unpaired) electrons. The molecule has 2 heteroatoms. The molecule has 2 aromatic rings. The predicted octanol–water partition coefficient (Wildman–Crippen LogP) is 3.62. The van der Waals surface area contributed by atoms with Crippen LogP contribution in [0.2, 0.25) is 0 Å². The van der Waals surface area contributed by atoms with Gasteiger partial charge in [0.15, 0.2) is 0 Å². The number of hydrogen-bond acceptors (Lipinski definition) is 2. The first-order valence-electron chi connectivity index (χ1n) is 5.84. The van der Waals surface area contributed by atoms with E-state index in [1.165, 1.54) is 5.56 Å². The van der Waals surface area contributed by atoms with E-state index in [0.29, 0.717) is 0 Å². The van der Waals surface area contributed by atoms with Gasteiger partial charge in [-0.1, -0.05) is 42.5 Å². The van der Waals surface area contributed by atoms with E-state index in [-0.39, 0.29) is 6.04 Å². The molecule has 0 saturated carbocycles. The number of benzene rings is 2. The topological polar surface area (TPSA) is 24.4 Å². The van der Waals surface area contributed by atoms with Gasteiger partial charge in [-0.15, -0.1) is 0 Å². The van der Waals surface area contributed by atoms with Crippen LogP contribution >= 0.6 is 0 Å². The van der Waals surface area contributed by atoms with Crippen LogP contribution in [0.15, 0.2) is 59.6 Å². The average Bonchev–Trinajstić information content (AvgIpc) is 2.39. The Morgan fingerprint density at radius 3 is 2.47 bits per heavy atom. The van der Waals surface area contributed by atoms with Crippen LogP contribution in [0.4, 0.5) is 11.4 Å². The third kappa shape index (κ3) is 1.82. The summed E-state index contributed by atoms with van der Waals surface area (Å²) in [6.07, 6.45) is 0. The minimum absolute atomic E-state index is 0.243. The van der Waals surface area contributed by atoms with Gasteiger partial charge in [0.25, 0.3) is 0 Å². The second-order valence-corrected chi connectivity index (χ2v) is 4.25. The number of anilines is 1. The Balaban J connectivity index is 2.10. The molecule has 0 unspecified atom stereocenters. The van der Waals surface area contributed by atoms with Crippen molar-refractivity contribution in [1.29, 1.82) is 0 Å². The summed E-state index contributed by atoms with van der Waals surface area (Å²) in [7, 11) is 0. The Hall–Kier alpha value is -2.09. The summed E-state index contributed by atoms with van der Waals surface area (Å²) in [5.41, 5.74) is 4.41. The van der Waals surface area contributed by atoms with Crippen LogP contribution < -0.4 is 5.32 Å². The van der Waals surface area contributed by atoms with Crippen molar-refractivity contribution in [2.24, 2.45) is 4.99 Å². The lowest BCUT2D eigenvalue weighted by atomic mass is 10.0. The first-order chi connectivity index (χ1) is 8.34. The second-order valence-electron chi connectivity index (χ2n) is 4.25. The van der Waals surface area contributed by atoms with Crippen LogP contribution in [0.1, 0.15) is 12.5 Å². The van der Waals surface area contributed by atoms with E-state index in [9.17, 15) is 0 Å². The standard InChI is InChI=1S/C15H14N2/c1-11-15(12-7-3-2-4-8-12)17-14-10-6-5-9-13(14)16-11/h2-11,16H,1H3/t11-/m1/s1. The third-order valence-corrected chi connectivity index (χ3v) is 3.00. The van der Waals surface area contributed by atoms with Gasteiger partial charge >= 0.3 is 0 Å². The van der Waals surface area contributed by atoms with Crippen molar-refractivity contribution in [3.63, 3.8) is 0 Å². The first kappa shape index (κ1) is 10.1. The monoisotopic (exact) mass is 222 g/mol. The van der Waals surface area contributed by atoms with Crippen molar-refractivity contribution >= 4 is 17.1 Å². The van der Waals surface area contributed by atoms with Crippen molar-refractivity contribution in [2.75, 3.05) is 5.32 Å². The molecule has 0 saturated heterocycles. The van der Waals surface area contributed by atoms with Crippen molar-refractivity contribution in [3.8, 4) is 0 Å². The predicted molar refractivity (Wildman–Crippen MR) is 72.2 cm³/mol. The summed E-state index contributed by atoms with van der Waals surface area (Å²) in [6, 6.07) is 18.7. The summed E-state index contributed by atoms with van der Waals surface area (Å²) < 4.78 is 0. The molecule has 0 fully saturated rings. The zero-order valence-electron chi connectivity index (χ0n) is 9.72. The van der Waals surface area contributed by atoms with E-state index in [4.69, 9.17) is 4.99 Å². The Kier molecular flexibility index (Phi) is 2.41. The molecule has 1 aliphatic heterocycles. The highest BCUT2D eigenvalue weighted by Gasteiger charge is 2.18. The molecule has 1 atom stereocenters. The highest BCUT2D eigenvalue weighted by molar-refractivity contribution is 6.09. The number of hydrogen-bond donors (Lipinski definition) is 1. The third-order valence-electron chi connectivity index (χ3n) is 3.00. The maximum atomic E-state index is 4.75. The van der Waals surface area contributed by atoms with E-state index >= 15 is 0 Å². The number of para-hydroxylation sites is 2. The molecule has 0 amide bonds. The molecule has 1 heterocycles. The van der Waals surface area contributed by atoms with Gasteiger partial charge in [-0.2, -0.15) is 0 Å². The van der Waals surface area contributed by atoms with Crippen molar-refractivity contribution in [2.45, 2.75) is 13.0 Å². The lowest BCUT2D eigenvalue weighted by Crippen LogP contribution is -2.29. The van der Waals surface area contributed by atoms with Crippen molar-refractivity contribution in [1.82, 2.24) is 0 Å². The molecular formula is C15H14N2. The molecule has 0 aromatic heterocycles. The molecule has 1 aliphatic rings. The number of nitrogens with zero attached hydrogens (tertiary/aromatic N) is 1.